The Labute approximate surface area is 310 Å². The fraction of sp³-hybridized carbons (Fsp3) is 0.675. The van der Waals surface area contributed by atoms with E-state index in [0.717, 1.165) is 37.7 Å². The lowest BCUT2D eigenvalue weighted by molar-refractivity contribution is -0.153. The first kappa shape index (κ1) is 37.4. The number of nitrogens with one attached hydrogen (secondary N) is 1. The molecule has 13 heteroatoms. The summed E-state index contributed by atoms with van der Waals surface area (Å²) in [6.45, 7) is 7.73. The number of ether oxygens (including phenoxy) is 1. The Morgan fingerprint density at radius 3 is 2.26 bits per heavy atom. The van der Waals surface area contributed by atoms with Gasteiger partial charge in [0.15, 0.2) is 0 Å². The SMILES string of the molecule is C[C@@H](OCC1CCCCC1)[C@H](NC(=O)C1CN(C(=O)c2cnn(Cc3ccccc3)c2)CC12CN(C(=O)[C@H]1CC1(C)C)C2)C(=O)N1CCC(F)(F)CC1. The third-order valence-corrected chi connectivity index (χ3v) is 12.6. The molecule has 2 saturated carbocycles. The van der Waals surface area contributed by atoms with Gasteiger partial charge in [-0.05, 0) is 43.1 Å². The molecule has 1 aromatic carbocycles. The van der Waals surface area contributed by atoms with Crippen LogP contribution in [0, 0.1) is 28.6 Å². The Morgan fingerprint density at radius 1 is 0.943 bits per heavy atom. The minimum Gasteiger partial charge on any atom is -0.376 e. The number of carbonyl (C=O) groups excluding carboxylic acids is 4. The van der Waals surface area contributed by atoms with E-state index in [2.05, 4.69) is 24.3 Å². The number of carbonyl (C=O) groups is 4. The van der Waals surface area contributed by atoms with Crippen LogP contribution in [0.2, 0.25) is 0 Å². The molecule has 1 aromatic heterocycles. The van der Waals surface area contributed by atoms with Crippen LogP contribution in [0.15, 0.2) is 42.7 Å². The van der Waals surface area contributed by atoms with Crippen molar-refractivity contribution in [3.05, 3.63) is 53.9 Å². The van der Waals surface area contributed by atoms with Gasteiger partial charge in [-0.15, -0.1) is 0 Å². The molecule has 4 amide bonds. The maximum Gasteiger partial charge on any atom is 0.257 e. The highest BCUT2D eigenvalue weighted by molar-refractivity contribution is 5.96. The predicted molar refractivity (Wildman–Crippen MR) is 193 cm³/mol. The molecule has 2 aromatic rings. The molecule has 3 saturated heterocycles. The maximum absolute atomic E-state index is 14.5. The fourth-order valence-corrected chi connectivity index (χ4v) is 8.92. The molecule has 1 spiro atoms. The van der Waals surface area contributed by atoms with Crippen LogP contribution in [0.4, 0.5) is 8.78 Å². The van der Waals surface area contributed by atoms with Crippen molar-refractivity contribution in [2.75, 3.05) is 45.9 Å². The zero-order valence-electron chi connectivity index (χ0n) is 31.3. The lowest BCUT2D eigenvalue weighted by Gasteiger charge is -2.50. The Hall–Kier alpha value is -3.87. The van der Waals surface area contributed by atoms with E-state index in [4.69, 9.17) is 4.74 Å². The molecule has 5 aliphatic rings. The molecule has 3 aliphatic heterocycles. The molecule has 5 fully saturated rings. The monoisotopic (exact) mass is 736 g/mol. The van der Waals surface area contributed by atoms with E-state index in [0.29, 0.717) is 37.7 Å². The van der Waals surface area contributed by atoms with E-state index < -0.39 is 54.1 Å². The van der Waals surface area contributed by atoms with Crippen LogP contribution in [0.1, 0.15) is 88.1 Å². The molecule has 2 aliphatic carbocycles. The second-order valence-electron chi connectivity index (χ2n) is 17.2. The van der Waals surface area contributed by atoms with Gasteiger partial charge in [0, 0.05) is 76.2 Å². The smallest absolute Gasteiger partial charge is 0.257 e. The summed E-state index contributed by atoms with van der Waals surface area (Å²) in [7, 11) is 0. The van der Waals surface area contributed by atoms with Crippen molar-refractivity contribution in [1.29, 1.82) is 0 Å². The summed E-state index contributed by atoms with van der Waals surface area (Å²) in [5.41, 5.74) is 0.711. The van der Waals surface area contributed by atoms with Crippen LogP contribution in [-0.2, 0) is 25.7 Å². The molecular weight excluding hydrogens is 682 g/mol. The molecule has 53 heavy (non-hydrogen) atoms. The number of hydrogen-bond donors (Lipinski definition) is 1. The van der Waals surface area contributed by atoms with Crippen LogP contribution >= 0.6 is 0 Å². The van der Waals surface area contributed by atoms with Gasteiger partial charge in [0.1, 0.15) is 6.04 Å². The quantitative estimate of drug-likeness (QED) is 0.361. The average molecular weight is 737 g/mol. The molecule has 0 bridgehead atoms. The highest BCUT2D eigenvalue weighted by Gasteiger charge is 2.62. The fourth-order valence-electron chi connectivity index (χ4n) is 8.92. The van der Waals surface area contributed by atoms with Crippen molar-refractivity contribution in [3.63, 3.8) is 0 Å². The third kappa shape index (κ3) is 8.15. The third-order valence-electron chi connectivity index (χ3n) is 12.6. The van der Waals surface area contributed by atoms with Crippen LogP contribution in [0.25, 0.3) is 0 Å². The van der Waals surface area contributed by atoms with Gasteiger partial charge < -0.3 is 24.8 Å². The topological polar surface area (TPSA) is 117 Å². The van der Waals surface area contributed by atoms with Crippen LogP contribution in [-0.4, -0.2) is 112 Å². The lowest BCUT2D eigenvalue weighted by Crippen LogP contribution is -2.65. The van der Waals surface area contributed by atoms with Crippen molar-refractivity contribution < 1.29 is 32.7 Å². The Balaban J connectivity index is 1.09. The largest absolute Gasteiger partial charge is 0.376 e. The van der Waals surface area contributed by atoms with Crippen molar-refractivity contribution >= 4 is 23.6 Å². The number of likely N-dealkylation sites (tertiary alicyclic amines) is 3. The van der Waals surface area contributed by atoms with Gasteiger partial charge in [-0.3, -0.25) is 23.9 Å². The van der Waals surface area contributed by atoms with E-state index in [9.17, 15) is 28.0 Å². The number of hydrogen-bond acceptors (Lipinski definition) is 6. The second kappa shape index (κ2) is 14.8. The Bertz CT molecular complexity index is 1660. The number of aromatic nitrogens is 2. The predicted octanol–water partition coefficient (Wildman–Crippen LogP) is 4.61. The highest BCUT2D eigenvalue weighted by Crippen LogP contribution is 2.54. The molecule has 288 valence electrons. The van der Waals surface area contributed by atoms with Crippen molar-refractivity contribution in [3.8, 4) is 0 Å². The van der Waals surface area contributed by atoms with Crippen LogP contribution < -0.4 is 5.32 Å². The lowest BCUT2D eigenvalue weighted by atomic mass is 9.70. The first-order valence-corrected chi connectivity index (χ1v) is 19.5. The zero-order valence-corrected chi connectivity index (χ0v) is 31.3. The molecular formula is C40H54F2N6O5. The van der Waals surface area contributed by atoms with Crippen molar-refractivity contribution in [2.24, 2.45) is 28.6 Å². The number of rotatable bonds is 11. The summed E-state index contributed by atoms with van der Waals surface area (Å²) in [5, 5.41) is 7.43. The Morgan fingerprint density at radius 2 is 1.60 bits per heavy atom. The summed E-state index contributed by atoms with van der Waals surface area (Å²) in [6, 6.07) is 8.73. The van der Waals surface area contributed by atoms with Crippen molar-refractivity contribution in [2.45, 2.75) is 96.8 Å². The molecule has 1 N–H and O–H groups in total. The molecule has 11 nitrogen and oxygen atoms in total. The second-order valence-corrected chi connectivity index (χ2v) is 17.2. The molecule has 7 rings (SSSR count). The summed E-state index contributed by atoms with van der Waals surface area (Å²) in [4.78, 5) is 60.8. The van der Waals surface area contributed by atoms with Gasteiger partial charge in [-0.2, -0.15) is 5.10 Å². The molecule has 4 heterocycles. The van der Waals surface area contributed by atoms with E-state index in [1.165, 1.54) is 11.3 Å². The van der Waals surface area contributed by atoms with Gasteiger partial charge in [-0.1, -0.05) is 63.4 Å². The molecule has 4 atom stereocenters. The van der Waals surface area contributed by atoms with Gasteiger partial charge >= 0.3 is 0 Å². The summed E-state index contributed by atoms with van der Waals surface area (Å²) < 4.78 is 36.2. The number of alkyl halides is 2. The van der Waals surface area contributed by atoms with Gasteiger partial charge in [0.05, 0.1) is 30.3 Å². The normalized spacial score (nSPS) is 25.8. The number of amides is 4. The number of benzene rings is 1. The van der Waals surface area contributed by atoms with Gasteiger partial charge in [0.2, 0.25) is 17.7 Å². The van der Waals surface area contributed by atoms with Gasteiger partial charge in [-0.25, -0.2) is 8.78 Å². The number of halogens is 2. The maximum atomic E-state index is 14.5. The Kier molecular flexibility index (Phi) is 10.4. The van der Waals surface area contributed by atoms with E-state index in [-0.39, 0.29) is 49.3 Å². The van der Waals surface area contributed by atoms with E-state index in [1.807, 2.05) is 30.3 Å². The van der Waals surface area contributed by atoms with Gasteiger partial charge in [0.25, 0.3) is 11.8 Å². The standard InChI is InChI=1S/C40H54F2N6O5/c1-27(53-23-29-12-8-5-9-13-29)33(37(52)45-16-14-40(41,42)15-17-45)44-34(49)32-22-46(24-39(32)25-47(26-39)36(51)31-18-38(31,2)3)35(50)30-19-43-48(21-30)20-28-10-6-4-7-11-28/h4,6-7,10-11,19,21,27,29,31-33H,5,8-9,12-18,20,22-26H2,1-3H3,(H,44,49)/t27-,31-,32?,33+/m1/s1. The summed E-state index contributed by atoms with van der Waals surface area (Å²) in [6.07, 6.45) is 8.08. The number of piperidine rings is 1. The average Bonchev–Trinajstić information content (AvgIpc) is 3.42. The minimum absolute atomic E-state index is 0.0477. The van der Waals surface area contributed by atoms with Crippen LogP contribution in [0.5, 0.6) is 0 Å². The first-order valence-electron chi connectivity index (χ1n) is 19.5. The highest BCUT2D eigenvalue weighted by atomic mass is 19.3. The van der Waals surface area contributed by atoms with E-state index >= 15 is 0 Å². The first-order chi connectivity index (χ1) is 25.2. The van der Waals surface area contributed by atoms with Crippen LogP contribution in [0.3, 0.4) is 0 Å². The van der Waals surface area contributed by atoms with E-state index in [1.54, 1.807) is 33.8 Å². The molecule has 0 radical (unpaired) electrons. The minimum atomic E-state index is -2.83. The zero-order chi connectivity index (χ0) is 37.5. The number of nitrogens with zero attached hydrogens (tertiary/aromatic N) is 5. The van der Waals surface area contributed by atoms with Crippen molar-refractivity contribution in [1.82, 2.24) is 29.8 Å². The summed E-state index contributed by atoms with van der Waals surface area (Å²) in [5.74, 6) is -4.21. The summed E-state index contributed by atoms with van der Waals surface area (Å²) >= 11 is 0. The molecule has 1 unspecified atom stereocenters.